The van der Waals surface area contributed by atoms with Gasteiger partial charge in [0.25, 0.3) is 0 Å². The molecule has 342 valence electrons. The van der Waals surface area contributed by atoms with E-state index in [0.29, 0.717) is 19.3 Å². The Kier molecular flexibility index (Phi) is 45.4. The van der Waals surface area contributed by atoms with E-state index >= 15 is 0 Å². The third kappa shape index (κ3) is 40.0. The van der Waals surface area contributed by atoms with Crippen LogP contribution in [0, 0.1) is 0 Å². The maximum atomic E-state index is 12.4. The molecular weight excluding hydrogens is 719 g/mol. The first-order chi connectivity index (χ1) is 28.5. The number of unbranched alkanes of at least 4 members (excludes halogenated alkanes) is 31. The van der Waals surface area contributed by atoms with Crippen LogP contribution in [-0.2, 0) is 4.79 Å². The lowest BCUT2D eigenvalue weighted by atomic mass is 10.00. The summed E-state index contributed by atoms with van der Waals surface area (Å²) in [6.45, 7) is 3.99. The summed E-state index contributed by atoms with van der Waals surface area (Å²) in [5, 5.41) is 43.6. The molecule has 5 N–H and O–H groups in total. The zero-order chi connectivity index (χ0) is 42.4. The van der Waals surface area contributed by atoms with Crippen molar-refractivity contribution in [1.82, 2.24) is 5.32 Å². The van der Waals surface area contributed by atoms with Crippen LogP contribution in [0.1, 0.15) is 258 Å². The Bertz CT molecular complexity index is 919. The third-order valence-electron chi connectivity index (χ3n) is 11.8. The van der Waals surface area contributed by atoms with Crippen molar-refractivity contribution < 1.29 is 25.2 Å². The normalized spacial score (nSPS) is 14.2. The second-order valence-electron chi connectivity index (χ2n) is 17.5. The molecule has 0 aliphatic heterocycles. The van der Waals surface area contributed by atoms with E-state index in [0.717, 1.165) is 57.8 Å². The molecule has 0 spiro atoms. The van der Waals surface area contributed by atoms with Gasteiger partial charge in [-0.3, -0.25) is 4.79 Å². The molecule has 0 radical (unpaired) electrons. The first-order valence-corrected chi connectivity index (χ1v) is 25.4. The first kappa shape index (κ1) is 56.5. The molecular formula is C52H99NO5. The van der Waals surface area contributed by atoms with Gasteiger partial charge in [-0.1, -0.05) is 224 Å². The number of carbonyl (C=O) groups excluding carboxylic acids is 1. The highest BCUT2D eigenvalue weighted by Crippen LogP contribution is 2.17. The number of carbonyl (C=O) groups is 1. The Labute approximate surface area is 360 Å². The summed E-state index contributed by atoms with van der Waals surface area (Å²) in [5.41, 5.74) is 0. The summed E-state index contributed by atoms with van der Waals surface area (Å²) in [6.07, 6.45) is 56.6. The number of hydrogen-bond acceptors (Lipinski definition) is 5. The molecule has 0 saturated heterocycles. The average molecular weight is 818 g/mol. The molecule has 0 aromatic rings. The molecule has 6 heteroatoms. The Hall–Kier alpha value is -1.47. The molecule has 4 unspecified atom stereocenters. The van der Waals surface area contributed by atoms with Crippen molar-refractivity contribution in [3.63, 3.8) is 0 Å². The van der Waals surface area contributed by atoms with Crippen LogP contribution < -0.4 is 5.32 Å². The minimum Gasteiger partial charge on any atom is -0.394 e. The van der Waals surface area contributed by atoms with Gasteiger partial charge in [0.05, 0.1) is 18.8 Å². The number of hydrogen-bond donors (Lipinski definition) is 5. The number of aliphatic hydroxyl groups excluding tert-OH is 4. The summed E-state index contributed by atoms with van der Waals surface area (Å²) in [5.74, 6) is -0.609. The lowest BCUT2D eigenvalue weighted by Crippen LogP contribution is -2.53. The minimum atomic E-state index is -1.29. The Balaban J connectivity index is 3.62. The van der Waals surface area contributed by atoms with Gasteiger partial charge in [-0.2, -0.15) is 0 Å². The Morgan fingerprint density at radius 3 is 1.14 bits per heavy atom. The number of amides is 1. The second kappa shape index (κ2) is 46.6. The van der Waals surface area contributed by atoms with Crippen LogP contribution in [0.25, 0.3) is 0 Å². The van der Waals surface area contributed by atoms with E-state index in [1.165, 1.54) is 167 Å². The molecule has 0 heterocycles. The van der Waals surface area contributed by atoms with Gasteiger partial charge in [-0.05, 0) is 70.6 Å². The summed E-state index contributed by atoms with van der Waals surface area (Å²) >= 11 is 0. The maximum Gasteiger partial charge on any atom is 0.249 e. The molecule has 0 aromatic carbocycles. The van der Waals surface area contributed by atoms with E-state index in [9.17, 15) is 25.2 Å². The zero-order valence-corrected chi connectivity index (χ0v) is 38.5. The fourth-order valence-electron chi connectivity index (χ4n) is 7.76. The van der Waals surface area contributed by atoms with E-state index < -0.39 is 36.9 Å². The van der Waals surface area contributed by atoms with Gasteiger partial charge in [0.15, 0.2) is 0 Å². The van der Waals surface area contributed by atoms with Crippen molar-refractivity contribution in [3.8, 4) is 0 Å². The highest BCUT2D eigenvalue weighted by Gasteiger charge is 2.28. The molecule has 6 nitrogen and oxygen atoms in total. The molecule has 0 saturated carbocycles. The predicted octanol–water partition coefficient (Wildman–Crippen LogP) is 14.1. The first-order valence-electron chi connectivity index (χ1n) is 25.4. The third-order valence-corrected chi connectivity index (χ3v) is 11.8. The topological polar surface area (TPSA) is 110 Å². The van der Waals surface area contributed by atoms with Crippen molar-refractivity contribution in [2.75, 3.05) is 6.61 Å². The van der Waals surface area contributed by atoms with Gasteiger partial charge >= 0.3 is 0 Å². The van der Waals surface area contributed by atoms with Gasteiger partial charge in [0.1, 0.15) is 12.2 Å². The predicted molar refractivity (Wildman–Crippen MR) is 251 cm³/mol. The quantitative estimate of drug-likeness (QED) is 0.0310. The largest absolute Gasteiger partial charge is 0.394 e. The van der Waals surface area contributed by atoms with Crippen LogP contribution in [0.5, 0.6) is 0 Å². The van der Waals surface area contributed by atoms with Crippen molar-refractivity contribution in [1.29, 1.82) is 0 Å². The van der Waals surface area contributed by atoms with E-state index in [-0.39, 0.29) is 0 Å². The number of rotatable bonds is 46. The highest BCUT2D eigenvalue weighted by atomic mass is 16.3. The van der Waals surface area contributed by atoms with Crippen LogP contribution in [0.2, 0.25) is 0 Å². The van der Waals surface area contributed by atoms with Crippen LogP contribution in [-0.4, -0.2) is 57.3 Å². The standard InChI is InChI=1S/C52H99NO5/c1-3-5-7-9-11-13-15-16-17-18-19-20-21-22-23-24-25-26-27-28-29-30-31-32-33-34-35-36-38-39-41-43-45-49(55)51(57)48(47-54)53-52(58)50(56)46-44-42-40-37-14-12-10-8-6-4-2/h10,12,33-34,38-39,48-51,54-57H,3-9,11,13-32,35-37,40-47H2,1-2H3,(H,53,58)/b12-10-,34-33+,39-38+. The summed E-state index contributed by atoms with van der Waals surface area (Å²) in [6, 6.07) is -1.01. The van der Waals surface area contributed by atoms with Gasteiger partial charge in [-0.15, -0.1) is 0 Å². The monoisotopic (exact) mass is 818 g/mol. The Morgan fingerprint density at radius 1 is 0.414 bits per heavy atom. The zero-order valence-electron chi connectivity index (χ0n) is 38.5. The molecule has 0 aliphatic carbocycles. The molecule has 58 heavy (non-hydrogen) atoms. The summed E-state index contributed by atoms with van der Waals surface area (Å²) < 4.78 is 0. The van der Waals surface area contributed by atoms with Crippen LogP contribution in [0.15, 0.2) is 36.5 Å². The molecule has 4 atom stereocenters. The highest BCUT2D eigenvalue weighted by molar-refractivity contribution is 5.80. The fourth-order valence-corrected chi connectivity index (χ4v) is 7.76. The SMILES string of the molecule is CCCC/C=C\CCCCCCC(O)C(=O)NC(CO)C(O)C(O)CCC/C=C/CC/C=C/CCCCCCCCCCCCCCCCCCCCCCCCC. The van der Waals surface area contributed by atoms with E-state index in [4.69, 9.17) is 0 Å². The average Bonchev–Trinajstić information content (AvgIpc) is 3.23. The molecule has 0 rings (SSSR count). The van der Waals surface area contributed by atoms with E-state index in [2.05, 4.69) is 55.6 Å². The molecule has 0 aliphatic rings. The smallest absolute Gasteiger partial charge is 0.249 e. The number of allylic oxidation sites excluding steroid dienone is 6. The lowest BCUT2D eigenvalue weighted by Gasteiger charge is -2.27. The Morgan fingerprint density at radius 2 is 0.741 bits per heavy atom. The van der Waals surface area contributed by atoms with Gasteiger partial charge in [0.2, 0.25) is 5.91 Å². The fraction of sp³-hybridized carbons (Fsp3) is 0.865. The van der Waals surface area contributed by atoms with E-state index in [1.54, 1.807) is 0 Å². The maximum absolute atomic E-state index is 12.4. The van der Waals surface area contributed by atoms with Crippen molar-refractivity contribution >= 4 is 5.91 Å². The summed E-state index contributed by atoms with van der Waals surface area (Å²) in [7, 11) is 0. The lowest BCUT2D eigenvalue weighted by molar-refractivity contribution is -0.132. The van der Waals surface area contributed by atoms with Crippen molar-refractivity contribution in [3.05, 3.63) is 36.5 Å². The number of aliphatic hydroxyl groups is 4. The van der Waals surface area contributed by atoms with Gasteiger partial charge in [-0.25, -0.2) is 0 Å². The second-order valence-corrected chi connectivity index (χ2v) is 17.5. The van der Waals surface area contributed by atoms with Crippen molar-refractivity contribution in [2.24, 2.45) is 0 Å². The van der Waals surface area contributed by atoms with Gasteiger partial charge < -0.3 is 25.7 Å². The van der Waals surface area contributed by atoms with Crippen LogP contribution >= 0.6 is 0 Å². The molecule has 0 fully saturated rings. The molecule has 0 aromatic heterocycles. The van der Waals surface area contributed by atoms with Crippen LogP contribution in [0.3, 0.4) is 0 Å². The summed E-state index contributed by atoms with van der Waals surface area (Å²) in [4.78, 5) is 12.4. The molecule has 1 amide bonds. The van der Waals surface area contributed by atoms with Gasteiger partial charge in [0, 0.05) is 0 Å². The van der Waals surface area contributed by atoms with Crippen molar-refractivity contribution in [2.45, 2.75) is 282 Å². The van der Waals surface area contributed by atoms with E-state index in [1.807, 2.05) is 0 Å². The van der Waals surface area contributed by atoms with Crippen LogP contribution in [0.4, 0.5) is 0 Å². The minimum absolute atomic E-state index is 0.344. The number of nitrogens with one attached hydrogen (secondary N) is 1. The molecule has 0 bridgehead atoms.